The van der Waals surface area contributed by atoms with E-state index in [1.165, 1.54) is 66.1 Å². The zero-order valence-electron chi connectivity index (χ0n) is 31.9. The Kier molecular flexibility index (Phi) is 17.5. The van der Waals surface area contributed by atoms with E-state index in [2.05, 4.69) is 192 Å². The Labute approximate surface area is 331 Å². The van der Waals surface area contributed by atoms with Gasteiger partial charge in [0.05, 0.1) is 0 Å². The Morgan fingerprint density at radius 3 is 1.08 bits per heavy atom. The van der Waals surface area contributed by atoms with Crippen molar-refractivity contribution < 1.29 is 46.5 Å². The van der Waals surface area contributed by atoms with Gasteiger partial charge < -0.3 is 45.1 Å². The smallest absolute Gasteiger partial charge is 1.00 e. The summed E-state index contributed by atoms with van der Waals surface area (Å²) < 4.78 is 0. The fourth-order valence-electron chi connectivity index (χ4n) is 5.93. The zero-order valence-corrected chi connectivity index (χ0v) is 35.0. The molecule has 6 rings (SSSR count). The summed E-state index contributed by atoms with van der Waals surface area (Å²) >= 11 is 0. The van der Waals surface area contributed by atoms with Crippen molar-refractivity contribution in [1.82, 2.24) is 0 Å². The average Bonchev–Trinajstić information content (AvgIpc) is 3.67. The summed E-state index contributed by atoms with van der Waals surface area (Å²) in [6, 6.07) is 40.7. The van der Waals surface area contributed by atoms with Crippen LogP contribution in [0.25, 0.3) is 43.8 Å². The zero-order chi connectivity index (χ0) is 34.5. The number of hydrogen-bond acceptors (Lipinski definition) is 0. The molecule has 50 heavy (non-hydrogen) atoms. The van der Waals surface area contributed by atoms with Crippen LogP contribution in [0.5, 0.6) is 0 Å². The molecule has 6 aromatic rings. The topological polar surface area (TPSA) is 0 Å². The molecule has 0 unspecified atom stereocenters. The molecule has 0 radical (unpaired) electrons. The van der Waals surface area contributed by atoms with Gasteiger partial charge in [-0.05, 0) is 44.9 Å². The monoisotopic (exact) mass is 738 g/mol. The summed E-state index contributed by atoms with van der Waals surface area (Å²) in [5.41, 5.74) is 11.3. The Hall–Kier alpha value is -2.61. The number of benzene rings is 4. The van der Waals surface area contributed by atoms with Crippen molar-refractivity contribution in [3.63, 3.8) is 0 Å². The summed E-state index contributed by atoms with van der Waals surface area (Å²) in [7, 11) is 0. The summed E-state index contributed by atoms with van der Waals surface area (Å²) in [6.45, 7) is 29.4. The molecule has 0 saturated heterocycles. The third-order valence-corrected chi connectivity index (χ3v) is 9.01. The first-order valence-corrected chi connectivity index (χ1v) is 17.3. The van der Waals surface area contributed by atoms with E-state index in [1.807, 2.05) is 0 Å². The molecule has 0 aliphatic rings. The van der Waals surface area contributed by atoms with Gasteiger partial charge in [-0.15, -0.1) is 69.1 Å². The van der Waals surface area contributed by atoms with Crippen molar-refractivity contribution in [3.05, 3.63) is 145 Å². The maximum atomic E-state index is 3.38. The SMILES string of the molecule is CC(C)c1ccc(-c2cccc3[cH-]c(C(C)(C)C)cc23)cc1.CC(C)c1ccc(-c2cccc3[cH-]c(C(C)(C)C)cc23)cc1.[CH2-]C[CH2-].[Cl-].[Cl-].[Ti+2]. The van der Waals surface area contributed by atoms with Gasteiger partial charge in [-0.1, -0.05) is 141 Å². The molecule has 0 aliphatic heterocycles. The second kappa shape index (κ2) is 19.3. The molecular weight excluding hydrogens is 683 g/mol. The number of rotatable bonds is 4. The van der Waals surface area contributed by atoms with Gasteiger partial charge in [-0.25, -0.2) is 0 Å². The van der Waals surface area contributed by atoms with Crippen LogP contribution < -0.4 is 24.8 Å². The number of halogens is 2. The third-order valence-electron chi connectivity index (χ3n) is 9.01. The molecule has 6 aromatic carbocycles. The quantitative estimate of drug-likeness (QED) is 0.126. The van der Waals surface area contributed by atoms with Gasteiger partial charge in [-0.2, -0.15) is 12.1 Å². The Morgan fingerprint density at radius 1 is 0.520 bits per heavy atom. The number of fused-ring (bicyclic) bond motifs is 2. The summed E-state index contributed by atoms with van der Waals surface area (Å²) in [5, 5.41) is 5.42. The molecule has 0 aromatic heterocycles. The molecule has 0 atom stereocenters. The van der Waals surface area contributed by atoms with E-state index in [0.717, 1.165) is 6.42 Å². The maximum absolute atomic E-state index is 3.38. The summed E-state index contributed by atoms with van der Waals surface area (Å²) in [6.07, 6.45) is 0.750. The van der Waals surface area contributed by atoms with Crippen LogP contribution in [-0.4, -0.2) is 0 Å². The van der Waals surface area contributed by atoms with E-state index in [9.17, 15) is 0 Å². The van der Waals surface area contributed by atoms with Crippen molar-refractivity contribution in [3.8, 4) is 22.3 Å². The molecule has 3 heteroatoms. The van der Waals surface area contributed by atoms with E-state index >= 15 is 0 Å². The van der Waals surface area contributed by atoms with E-state index in [-0.39, 0.29) is 57.4 Å². The molecular formula is C47H56Cl2Ti-4. The van der Waals surface area contributed by atoms with Gasteiger partial charge in [0.1, 0.15) is 0 Å². The largest absolute Gasteiger partial charge is 2.00 e. The molecule has 0 fully saturated rings. The first kappa shape index (κ1) is 45.4. The molecule has 0 heterocycles. The minimum absolute atomic E-state index is 0. The first-order chi connectivity index (χ1) is 22.1. The molecule has 0 spiro atoms. The molecule has 266 valence electrons. The fraction of sp³-hybridized carbons (Fsp3) is 0.319. The second-order valence-electron chi connectivity index (χ2n) is 15.5. The molecule has 0 amide bonds. The first-order valence-electron chi connectivity index (χ1n) is 17.3. The molecule has 0 N–H and O–H groups in total. The van der Waals surface area contributed by atoms with Crippen molar-refractivity contribution in [2.45, 2.75) is 98.3 Å². The maximum Gasteiger partial charge on any atom is 2.00 e. The van der Waals surface area contributed by atoms with Crippen LogP contribution in [0, 0.1) is 13.8 Å². The minimum Gasteiger partial charge on any atom is -1.00 e. The van der Waals surface area contributed by atoms with Gasteiger partial charge >= 0.3 is 21.7 Å². The van der Waals surface area contributed by atoms with Gasteiger partial charge in [0.15, 0.2) is 0 Å². The Morgan fingerprint density at radius 2 is 0.820 bits per heavy atom. The van der Waals surface area contributed by atoms with Crippen LogP contribution >= 0.6 is 0 Å². The van der Waals surface area contributed by atoms with Crippen LogP contribution in [0.2, 0.25) is 0 Å². The standard InChI is InChI=1S/2C22H25.C3H6.2ClH.Ti/c2*1-15(2)16-9-11-17(12-10-16)20-8-6-7-18-13-19(14-21(18)20)22(3,4)5;1-3-2;;;/h2*6-15H,1-5H3;1-3H2;2*1H;/q2*-1;-2;;;+2/p-2. The second-order valence-corrected chi connectivity index (χ2v) is 15.5. The van der Waals surface area contributed by atoms with E-state index in [4.69, 9.17) is 0 Å². The van der Waals surface area contributed by atoms with E-state index in [0.29, 0.717) is 11.8 Å². The Bertz CT molecular complexity index is 1730. The van der Waals surface area contributed by atoms with Crippen molar-refractivity contribution in [2.75, 3.05) is 0 Å². The number of hydrogen-bond donors (Lipinski definition) is 0. The van der Waals surface area contributed by atoms with Crippen LogP contribution in [0.15, 0.2) is 109 Å². The fourth-order valence-corrected chi connectivity index (χ4v) is 5.93. The summed E-state index contributed by atoms with van der Waals surface area (Å²) in [5.74, 6) is 1.16. The van der Waals surface area contributed by atoms with Gasteiger partial charge in [-0.3, -0.25) is 0 Å². The van der Waals surface area contributed by atoms with Crippen LogP contribution in [0.4, 0.5) is 0 Å². The van der Waals surface area contributed by atoms with Crippen LogP contribution in [0.3, 0.4) is 0 Å². The van der Waals surface area contributed by atoms with Crippen molar-refractivity contribution in [1.29, 1.82) is 0 Å². The normalized spacial score (nSPS) is 11.2. The molecule has 0 nitrogen and oxygen atoms in total. The third kappa shape index (κ3) is 11.2. The minimum atomic E-state index is 0. The van der Waals surface area contributed by atoms with Gasteiger partial charge in [0.2, 0.25) is 0 Å². The van der Waals surface area contributed by atoms with Gasteiger partial charge in [0, 0.05) is 0 Å². The van der Waals surface area contributed by atoms with E-state index < -0.39 is 0 Å². The predicted molar refractivity (Wildman–Crippen MR) is 211 cm³/mol. The molecule has 0 aliphatic carbocycles. The van der Waals surface area contributed by atoms with Crippen molar-refractivity contribution >= 4 is 21.5 Å². The van der Waals surface area contributed by atoms with Crippen LogP contribution in [0.1, 0.15) is 110 Å². The Balaban J connectivity index is 0.000000439. The molecule has 0 saturated carbocycles. The van der Waals surface area contributed by atoms with Gasteiger partial charge in [0.25, 0.3) is 0 Å². The van der Waals surface area contributed by atoms with Crippen molar-refractivity contribution in [2.24, 2.45) is 0 Å². The predicted octanol–water partition coefficient (Wildman–Crippen LogP) is 8.34. The summed E-state index contributed by atoms with van der Waals surface area (Å²) in [4.78, 5) is 0. The molecule has 0 bridgehead atoms. The van der Waals surface area contributed by atoms with E-state index in [1.54, 1.807) is 0 Å². The van der Waals surface area contributed by atoms with Crippen LogP contribution in [-0.2, 0) is 32.5 Å². The average molecular weight is 740 g/mol.